The number of rotatable bonds is 3. The molecule has 0 aromatic heterocycles. The number of benzene rings is 1. The summed E-state index contributed by atoms with van der Waals surface area (Å²) >= 11 is 0. The lowest BCUT2D eigenvalue weighted by molar-refractivity contribution is -0.122. The Hall–Kier alpha value is -1.51. The molecule has 0 bridgehead atoms. The first-order valence-corrected chi connectivity index (χ1v) is 6.34. The van der Waals surface area contributed by atoms with Crippen LogP contribution in [-0.4, -0.2) is 12.5 Å². The number of fused-ring (bicyclic) bond motifs is 1. The normalized spacial score (nSPS) is 15.8. The summed E-state index contributed by atoms with van der Waals surface area (Å²) in [7, 11) is 0. The summed E-state index contributed by atoms with van der Waals surface area (Å²) in [5.41, 5.74) is 8.84. The van der Waals surface area contributed by atoms with Gasteiger partial charge in [-0.25, -0.2) is 0 Å². The Balaban J connectivity index is 2.24. The summed E-state index contributed by atoms with van der Waals surface area (Å²) < 4.78 is 0. The largest absolute Gasteiger partial charge is 0.397 e. The van der Waals surface area contributed by atoms with Gasteiger partial charge >= 0.3 is 0 Å². The van der Waals surface area contributed by atoms with Gasteiger partial charge in [0.15, 0.2) is 0 Å². The van der Waals surface area contributed by atoms with Crippen LogP contribution < -0.4 is 10.6 Å². The van der Waals surface area contributed by atoms with Crippen LogP contribution in [0.25, 0.3) is 0 Å². The van der Waals surface area contributed by atoms with Gasteiger partial charge in [0.1, 0.15) is 0 Å². The molecule has 1 unspecified atom stereocenters. The number of hydrogen-bond acceptors (Lipinski definition) is 2. The Morgan fingerprint density at radius 1 is 1.53 bits per heavy atom. The van der Waals surface area contributed by atoms with Crippen LogP contribution in [0, 0.1) is 5.92 Å². The SMILES string of the molecule is CCCC(C)C(=O)N1CCc2cccc(N)c21. The van der Waals surface area contributed by atoms with Crippen LogP contribution in [0.2, 0.25) is 0 Å². The van der Waals surface area contributed by atoms with Crippen LogP contribution in [0.15, 0.2) is 18.2 Å². The molecule has 0 radical (unpaired) electrons. The highest BCUT2D eigenvalue weighted by Crippen LogP contribution is 2.34. The maximum Gasteiger partial charge on any atom is 0.229 e. The zero-order valence-electron chi connectivity index (χ0n) is 10.6. The van der Waals surface area contributed by atoms with Crippen LogP contribution >= 0.6 is 0 Å². The topological polar surface area (TPSA) is 46.3 Å². The van der Waals surface area contributed by atoms with Gasteiger partial charge in [0.25, 0.3) is 0 Å². The molecule has 0 spiro atoms. The van der Waals surface area contributed by atoms with E-state index in [4.69, 9.17) is 5.73 Å². The number of nitrogens with two attached hydrogens (primary N) is 1. The van der Waals surface area contributed by atoms with E-state index in [2.05, 4.69) is 13.0 Å². The van der Waals surface area contributed by atoms with Gasteiger partial charge in [-0.05, 0) is 24.5 Å². The Kier molecular flexibility index (Phi) is 3.36. The molecule has 1 aromatic carbocycles. The van der Waals surface area contributed by atoms with Gasteiger partial charge in [-0.3, -0.25) is 4.79 Å². The predicted octanol–water partition coefficient (Wildman–Crippen LogP) is 2.59. The molecular weight excluding hydrogens is 212 g/mol. The molecular formula is C14H20N2O. The Labute approximate surface area is 103 Å². The van der Waals surface area contributed by atoms with Gasteiger partial charge in [-0.2, -0.15) is 0 Å². The van der Waals surface area contributed by atoms with E-state index in [9.17, 15) is 4.79 Å². The minimum atomic E-state index is 0.0885. The van der Waals surface area contributed by atoms with E-state index in [1.807, 2.05) is 24.0 Å². The van der Waals surface area contributed by atoms with E-state index < -0.39 is 0 Å². The van der Waals surface area contributed by atoms with Gasteiger partial charge in [0, 0.05) is 12.5 Å². The number of carbonyl (C=O) groups excluding carboxylic acids is 1. The van der Waals surface area contributed by atoms with Gasteiger partial charge < -0.3 is 10.6 Å². The summed E-state index contributed by atoms with van der Waals surface area (Å²) in [5.74, 6) is 0.300. The summed E-state index contributed by atoms with van der Waals surface area (Å²) in [6.45, 7) is 4.88. The van der Waals surface area contributed by atoms with Crippen molar-refractivity contribution in [3.05, 3.63) is 23.8 Å². The third-order valence-electron chi connectivity index (χ3n) is 3.43. The van der Waals surface area contributed by atoms with Crippen molar-refractivity contribution in [1.82, 2.24) is 0 Å². The predicted molar refractivity (Wildman–Crippen MR) is 71.0 cm³/mol. The van der Waals surface area contributed by atoms with Crippen molar-refractivity contribution >= 4 is 17.3 Å². The third kappa shape index (κ3) is 2.14. The monoisotopic (exact) mass is 232 g/mol. The Bertz CT molecular complexity index is 428. The minimum Gasteiger partial charge on any atom is -0.397 e. The lowest BCUT2D eigenvalue weighted by atomic mass is 10.0. The molecule has 0 saturated carbocycles. The molecule has 1 atom stereocenters. The number of nitrogen functional groups attached to an aromatic ring is 1. The fourth-order valence-electron chi connectivity index (χ4n) is 2.53. The standard InChI is InChI=1S/C14H20N2O/c1-3-5-10(2)14(17)16-9-8-11-6-4-7-12(15)13(11)16/h4,6-7,10H,3,5,8-9,15H2,1-2H3. The second-order valence-corrected chi connectivity index (χ2v) is 4.78. The van der Waals surface area contributed by atoms with E-state index in [1.54, 1.807) is 0 Å². The molecule has 1 aromatic rings. The number of amides is 1. The van der Waals surface area contributed by atoms with E-state index in [1.165, 1.54) is 5.56 Å². The van der Waals surface area contributed by atoms with Crippen molar-refractivity contribution in [1.29, 1.82) is 0 Å². The first-order chi connectivity index (χ1) is 8.15. The number of anilines is 2. The summed E-state index contributed by atoms with van der Waals surface area (Å²) in [6, 6.07) is 5.88. The third-order valence-corrected chi connectivity index (χ3v) is 3.43. The fraction of sp³-hybridized carbons (Fsp3) is 0.500. The number of carbonyl (C=O) groups is 1. The summed E-state index contributed by atoms with van der Waals surface area (Å²) in [4.78, 5) is 14.2. The van der Waals surface area contributed by atoms with E-state index in [0.717, 1.165) is 37.2 Å². The lowest BCUT2D eigenvalue weighted by Crippen LogP contribution is -2.34. The van der Waals surface area contributed by atoms with Gasteiger partial charge in [0.05, 0.1) is 11.4 Å². The highest BCUT2D eigenvalue weighted by molar-refractivity contribution is 5.99. The van der Waals surface area contributed by atoms with E-state index >= 15 is 0 Å². The van der Waals surface area contributed by atoms with Gasteiger partial charge in [0.2, 0.25) is 5.91 Å². The van der Waals surface area contributed by atoms with Crippen LogP contribution in [0.5, 0.6) is 0 Å². The number of nitrogens with zero attached hydrogens (tertiary/aromatic N) is 1. The average Bonchev–Trinajstić information content (AvgIpc) is 2.73. The molecule has 0 aliphatic carbocycles. The molecule has 0 saturated heterocycles. The maximum absolute atomic E-state index is 12.3. The van der Waals surface area contributed by atoms with Crippen LogP contribution in [0.3, 0.4) is 0 Å². The van der Waals surface area contributed by atoms with Gasteiger partial charge in [-0.15, -0.1) is 0 Å². The fourth-order valence-corrected chi connectivity index (χ4v) is 2.53. The second-order valence-electron chi connectivity index (χ2n) is 4.78. The van der Waals surface area contributed by atoms with Crippen LogP contribution in [0.4, 0.5) is 11.4 Å². The molecule has 1 heterocycles. The van der Waals surface area contributed by atoms with Crippen molar-refractivity contribution < 1.29 is 4.79 Å². The molecule has 3 nitrogen and oxygen atoms in total. The van der Waals surface area contributed by atoms with Crippen molar-refractivity contribution in [3.63, 3.8) is 0 Å². The number of hydrogen-bond donors (Lipinski definition) is 1. The van der Waals surface area contributed by atoms with Crippen molar-refractivity contribution in [3.8, 4) is 0 Å². The van der Waals surface area contributed by atoms with Crippen molar-refractivity contribution in [2.75, 3.05) is 17.2 Å². The zero-order valence-corrected chi connectivity index (χ0v) is 10.6. The van der Waals surface area contributed by atoms with Crippen LogP contribution in [-0.2, 0) is 11.2 Å². The Morgan fingerprint density at radius 3 is 3.00 bits per heavy atom. The molecule has 17 heavy (non-hydrogen) atoms. The Morgan fingerprint density at radius 2 is 2.29 bits per heavy atom. The summed E-state index contributed by atoms with van der Waals surface area (Å²) in [5, 5.41) is 0. The minimum absolute atomic E-state index is 0.0885. The van der Waals surface area contributed by atoms with Crippen molar-refractivity contribution in [2.45, 2.75) is 33.1 Å². The van der Waals surface area contributed by atoms with E-state index in [-0.39, 0.29) is 11.8 Å². The molecule has 1 amide bonds. The quantitative estimate of drug-likeness (QED) is 0.814. The molecule has 2 N–H and O–H groups in total. The van der Waals surface area contributed by atoms with Gasteiger partial charge in [-0.1, -0.05) is 32.4 Å². The van der Waals surface area contributed by atoms with Crippen molar-refractivity contribution in [2.24, 2.45) is 5.92 Å². The zero-order chi connectivity index (χ0) is 12.4. The number of para-hydroxylation sites is 1. The molecule has 0 fully saturated rings. The smallest absolute Gasteiger partial charge is 0.229 e. The highest BCUT2D eigenvalue weighted by atomic mass is 16.2. The lowest BCUT2D eigenvalue weighted by Gasteiger charge is -2.22. The highest BCUT2D eigenvalue weighted by Gasteiger charge is 2.28. The van der Waals surface area contributed by atoms with E-state index in [0.29, 0.717) is 0 Å². The summed E-state index contributed by atoms with van der Waals surface area (Å²) in [6.07, 6.45) is 2.90. The molecule has 92 valence electrons. The second kappa shape index (κ2) is 4.78. The molecule has 2 rings (SSSR count). The average molecular weight is 232 g/mol. The van der Waals surface area contributed by atoms with Crippen LogP contribution in [0.1, 0.15) is 32.3 Å². The molecule has 1 aliphatic heterocycles. The maximum atomic E-state index is 12.3. The molecule has 1 aliphatic rings. The first kappa shape index (κ1) is 12.0. The molecule has 3 heteroatoms. The first-order valence-electron chi connectivity index (χ1n) is 6.34.